The van der Waals surface area contributed by atoms with E-state index in [0.29, 0.717) is 0 Å². The van der Waals surface area contributed by atoms with Gasteiger partial charge in [0.05, 0.1) is 0 Å². The van der Waals surface area contributed by atoms with Crippen LogP contribution in [0.3, 0.4) is 0 Å². The van der Waals surface area contributed by atoms with Gasteiger partial charge in [-0.15, -0.1) is 0 Å². The molecule has 0 radical (unpaired) electrons. The lowest BCUT2D eigenvalue weighted by Crippen LogP contribution is -2.60. The van der Waals surface area contributed by atoms with Crippen LogP contribution in [0.2, 0.25) is 0 Å². The number of carbonyl (C=O) groups is 1. The highest BCUT2D eigenvalue weighted by Crippen LogP contribution is 2.36. The highest BCUT2D eigenvalue weighted by molar-refractivity contribution is 7.99. The van der Waals surface area contributed by atoms with E-state index in [-0.39, 0.29) is 11.4 Å². The van der Waals surface area contributed by atoms with Crippen LogP contribution in [0.5, 0.6) is 0 Å². The predicted octanol–water partition coefficient (Wildman–Crippen LogP) is 1.23. The van der Waals surface area contributed by atoms with Gasteiger partial charge >= 0.3 is 0 Å². The van der Waals surface area contributed by atoms with E-state index in [9.17, 15) is 4.79 Å². The van der Waals surface area contributed by atoms with Crippen molar-refractivity contribution in [3.8, 4) is 0 Å². The van der Waals surface area contributed by atoms with Crippen LogP contribution in [0.4, 0.5) is 0 Å². The minimum Gasteiger partial charge on any atom is -0.368 e. The molecule has 0 bridgehead atoms. The van der Waals surface area contributed by atoms with Gasteiger partial charge in [0.15, 0.2) is 0 Å². The Morgan fingerprint density at radius 2 is 1.83 bits per heavy atom. The first kappa shape index (κ1) is 17.5. The molecule has 3 rings (SSSR count). The summed E-state index contributed by atoms with van der Waals surface area (Å²) in [5.41, 5.74) is -0.429. The lowest BCUT2D eigenvalue weighted by atomic mass is 9.89. The molecule has 5 nitrogen and oxygen atoms in total. The number of amides is 1. The van der Waals surface area contributed by atoms with Gasteiger partial charge in [0.25, 0.3) is 5.91 Å². The highest BCUT2D eigenvalue weighted by Gasteiger charge is 2.43. The lowest BCUT2D eigenvalue weighted by Gasteiger charge is -2.44. The SMILES string of the molecule is COC1(C(=O)NCC2(N3CCSCC3)CCCC2)CCNCC1. The van der Waals surface area contributed by atoms with Crippen molar-refractivity contribution in [2.75, 3.05) is 51.3 Å². The summed E-state index contributed by atoms with van der Waals surface area (Å²) >= 11 is 2.05. The number of nitrogens with one attached hydrogen (secondary N) is 2. The first-order valence-electron chi connectivity index (χ1n) is 9.08. The van der Waals surface area contributed by atoms with Crippen LogP contribution in [0.15, 0.2) is 0 Å². The molecule has 2 N–H and O–H groups in total. The molecule has 2 heterocycles. The molecule has 3 aliphatic rings. The summed E-state index contributed by atoms with van der Waals surface area (Å²) in [6, 6.07) is 0. The number of ether oxygens (including phenoxy) is 1. The van der Waals surface area contributed by atoms with Gasteiger partial charge in [0, 0.05) is 43.8 Å². The fourth-order valence-corrected chi connectivity index (χ4v) is 5.34. The molecule has 2 aliphatic heterocycles. The second-order valence-electron chi connectivity index (χ2n) is 7.16. The van der Waals surface area contributed by atoms with Crippen LogP contribution in [0.25, 0.3) is 0 Å². The van der Waals surface area contributed by atoms with E-state index in [1.165, 1.54) is 50.3 Å². The number of methoxy groups -OCH3 is 1. The maximum Gasteiger partial charge on any atom is 0.252 e. The van der Waals surface area contributed by atoms with Crippen molar-refractivity contribution in [2.45, 2.75) is 49.7 Å². The van der Waals surface area contributed by atoms with E-state index in [4.69, 9.17) is 4.74 Å². The summed E-state index contributed by atoms with van der Waals surface area (Å²) in [5.74, 6) is 2.55. The Bertz CT molecular complexity index is 401. The van der Waals surface area contributed by atoms with E-state index < -0.39 is 5.60 Å². The smallest absolute Gasteiger partial charge is 0.252 e. The zero-order chi connectivity index (χ0) is 16.2. The first-order chi connectivity index (χ1) is 11.2. The molecule has 132 valence electrons. The number of hydrogen-bond acceptors (Lipinski definition) is 5. The summed E-state index contributed by atoms with van der Waals surface area (Å²) < 4.78 is 5.67. The van der Waals surface area contributed by atoms with Gasteiger partial charge in [-0.2, -0.15) is 11.8 Å². The molecule has 1 saturated carbocycles. The first-order valence-corrected chi connectivity index (χ1v) is 10.2. The molecular formula is C17H31N3O2S. The molecular weight excluding hydrogens is 310 g/mol. The van der Waals surface area contributed by atoms with Gasteiger partial charge in [-0.25, -0.2) is 0 Å². The molecule has 0 unspecified atom stereocenters. The second-order valence-corrected chi connectivity index (χ2v) is 8.39. The van der Waals surface area contributed by atoms with Crippen LogP contribution in [0, 0.1) is 0 Å². The number of hydrogen-bond donors (Lipinski definition) is 2. The summed E-state index contributed by atoms with van der Waals surface area (Å²) in [4.78, 5) is 15.5. The fourth-order valence-electron chi connectivity index (χ4n) is 4.44. The third-order valence-corrected chi connectivity index (χ3v) is 6.95. The number of carbonyl (C=O) groups excluding carboxylic acids is 1. The average Bonchev–Trinajstić information content (AvgIpc) is 3.11. The topological polar surface area (TPSA) is 53.6 Å². The Balaban J connectivity index is 1.63. The van der Waals surface area contributed by atoms with Gasteiger partial charge in [0.1, 0.15) is 5.60 Å². The van der Waals surface area contributed by atoms with Crippen molar-refractivity contribution in [2.24, 2.45) is 0 Å². The zero-order valence-electron chi connectivity index (χ0n) is 14.4. The fraction of sp³-hybridized carbons (Fsp3) is 0.941. The van der Waals surface area contributed by atoms with Crippen molar-refractivity contribution in [1.82, 2.24) is 15.5 Å². The standard InChI is InChI=1S/C17H31N3O2S/c1-22-17(6-8-18-9-7-17)15(21)19-14-16(4-2-3-5-16)20-10-12-23-13-11-20/h18H,2-14H2,1H3,(H,19,21). The molecule has 1 aliphatic carbocycles. The Labute approximate surface area is 144 Å². The van der Waals surface area contributed by atoms with Gasteiger partial charge < -0.3 is 15.4 Å². The van der Waals surface area contributed by atoms with Crippen LogP contribution in [0.1, 0.15) is 38.5 Å². The maximum absolute atomic E-state index is 12.8. The Morgan fingerprint density at radius 3 is 2.43 bits per heavy atom. The molecule has 0 atom stereocenters. The van der Waals surface area contributed by atoms with Crippen molar-refractivity contribution in [3.63, 3.8) is 0 Å². The van der Waals surface area contributed by atoms with Crippen molar-refractivity contribution < 1.29 is 9.53 Å². The molecule has 3 fully saturated rings. The number of thioether (sulfide) groups is 1. The Kier molecular flexibility index (Phi) is 5.88. The van der Waals surface area contributed by atoms with Crippen molar-refractivity contribution in [1.29, 1.82) is 0 Å². The summed E-state index contributed by atoms with van der Waals surface area (Å²) in [6.07, 6.45) is 6.56. The minimum atomic E-state index is -0.622. The Morgan fingerprint density at radius 1 is 1.17 bits per heavy atom. The van der Waals surface area contributed by atoms with Crippen LogP contribution in [-0.2, 0) is 9.53 Å². The largest absolute Gasteiger partial charge is 0.368 e. The third-order valence-electron chi connectivity index (χ3n) is 6.01. The zero-order valence-corrected chi connectivity index (χ0v) is 15.2. The van der Waals surface area contributed by atoms with Crippen molar-refractivity contribution in [3.05, 3.63) is 0 Å². The average molecular weight is 342 g/mol. The van der Waals surface area contributed by atoms with E-state index >= 15 is 0 Å². The molecule has 0 aromatic rings. The van der Waals surface area contributed by atoms with Crippen molar-refractivity contribution >= 4 is 17.7 Å². The highest BCUT2D eigenvalue weighted by atomic mass is 32.2. The molecule has 0 spiro atoms. The van der Waals surface area contributed by atoms with Crippen LogP contribution in [-0.4, -0.2) is 73.3 Å². The predicted molar refractivity (Wildman–Crippen MR) is 95.0 cm³/mol. The minimum absolute atomic E-state index is 0.0964. The van der Waals surface area contributed by atoms with Gasteiger partial charge in [0.2, 0.25) is 0 Å². The summed E-state index contributed by atoms with van der Waals surface area (Å²) in [7, 11) is 1.68. The number of piperidine rings is 1. The van der Waals surface area contributed by atoms with E-state index in [1.807, 2.05) is 0 Å². The third kappa shape index (κ3) is 3.70. The van der Waals surface area contributed by atoms with E-state index in [1.54, 1.807) is 7.11 Å². The number of rotatable bonds is 5. The molecule has 23 heavy (non-hydrogen) atoms. The van der Waals surface area contributed by atoms with Crippen LogP contribution >= 0.6 is 11.8 Å². The molecule has 2 saturated heterocycles. The number of nitrogens with zero attached hydrogens (tertiary/aromatic N) is 1. The second kappa shape index (κ2) is 7.72. The lowest BCUT2D eigenvalue weighted by molar-refractivity contribution is -0.147. The maximum atomic E-state index is 12.8. The van der Waals surface area contributed by atoms with E-state index in [0.717, 1.165) is 32.5 Å². The summed E-state index contributed by atoms with van der Waals surface area (Å²) in [5, 5.41) is 6.60. The van der Waals surface area contributed by atoms with E-state index in [2.05, 4.69) is 27.3 Å². The van der Waals surface area contributed by atoms with Crippen LogP contribution < -0.4 is 10.6 Å². The summed E-state index contributed by atoms with van der Waals surface area (Å²) in [6.45, 7) is 4.83. The molecule has 0 aromatic carbocycles. The quantitative estimate of drug-likeness (QED) is 0.788. The van der Waals surface area contributed by atoms with Gasteiger partial charge in [-0.3, -0.25) is 9.69 Å². The molecule has 0 aromatic heterocycles. The monoisotopic (exact) mass is 341 g/mol. The van der Waals surface area contributed by atoms with Gasteiger partial charge in [-0.1, -0.05) is 12.8 Å². The molecule has 1 amide bonds. The normalized spacial score (nSPS) is 27.7. The molecule has 6 heteroatoms. The van der Waals surface area contributed by atoms with Gasteiger partial charge in [-0.05, 0) is 38.8 Å². The Hall–Kier alpha value is -0.300.